The van der Waals surface area contributed by atoms with Crippen molar-refractivity contribution < 1.29 is 9.53 Å². The van der Waals surface area contributed by atoms with Gasteiger partial charge >= 0.3 is 0 Å². The summed E-state index contributed by atoms with van der Waals surface area (Å²) in [6.45, 7) is 0.839. The van der Waals surface area contributed by atoms with Gasteiger partial charge in [-0.3, -0.25) is 4.79 Å². The largest absolute Gasteiger partial charge is 0.439 e. The maximum Gasteiger partial charge on any atom is 0.250 e. The molecule has 0 spiro atoms. The lowest BCUT2D eigenvalue weighted by molar-refractivity contribution is 0.1000. The van der Waals surface area contributed by atoms with Crippen LogP contribution in [0.5, 0.6) is 11.6 Å². The van der Waals surface area contributed by atoms with Crippen molar-refractivity contribution in [2.75, 3.05) is 0 Å². The van der Waals surface area contributed by atoms with Crippen molar-refractivity contribution in [1.29, 1.82) is 0 Å². The normalized spacial score (nSPS) is 15.6. The van der Waals surface area contributed by atoms with Gasteiger partial charge in [0.2, 0.25) is 11.8 Å². The number of carbonyl (C=O) groups is 1. The third-order valence-corrected chi connectivity index (χ3v) is 5.10. The Hall–Kier alpha value is -3.18. The van der Waals surface area contributed by atoms with Crippen LogP contribution in [0.3, 0.4) is 0 Å². The van der Waals surface area contributed by atoms with Crippen LogP contribution in [-0.2, 0) is 13.0 Å². The van der Waals surface area contributed by atoms with E-state index in [1.165, 1.54) is 22.9 Å². The van der Waals surface area contributed by atoms with Crippen LogP contribution in [0.4, 0.5) is 0 Å². The molecule has 0 saturated heterocycles. The van der Waals surface area contributed by atoms with E-state index in [1.807, 2.05) is 18.2 Å². The van der Waals surface area contributed by atoms with Gasteiger partial charge in [0.1, 0.15) is 5.75 Å². The van der Waals surface area contributed by atoms with E-state index >= 15 is 0 Å². The van der Waals surface area contributed by atoms with Gasteiger partial charge in [0, 0.05) is 24.8 Å². The second kappa shape index (κ2) is 8.23. The first kappa shape index (κ1) is 18.2. The number of pyridine rings is 1. The Kier molecular flexibility index (Phi) is 5.35. The summed E-state index contributed by atoms with van der Waals surface area (Å²) >= 11 is 0. The van der Waals surface area contributed by atoms with E-state index in [0.29, 0.717) is 17.5 Å². The van der Waals surface area contributed by atoms with Crippen LogP contribution in [0.1, 0.15) is 45.9 Å². The smallest absolute Gasteiger partial charge is 0.250 e. The van der Waals surface area contributed by atoms with Crippen molar-refractivity contribution >= 4 is 5.91 Å². The summed E-state index contributed by atoms with van der Waals surface area (Å²) < 4.78 is 6.03. The van der Waals surface area contributed by atoms with E-state index < -0.39 is 5.91 Å². The van der Waals surface area contributed by atoms with Crippen LogP contribution in [0.15, 0.2) is 66.9 Å². The highest BCUT2D eigenvalue weighted by Gasteiger charge is 2.23. The zero-order valence-corrected chi connectivity index (χ0v) is 15.6. The summed E-state index contributed by atoms with van der Waals surface area (Å²) in [5.74, 6) is 0.782. The minimum atomic E-state index is -0.497. The number of amides is 1. The predicted octanol–water partition coefficient (Wildman–Crippen LogP) is 4.14. The number of nitrogens with two attached hydrogens (primary N) is 1. The number of fused-ring (bicyclic) bond motifs is 1. The molecule has 2 aromatic carbocycles. The molecule has 1 aliphatic carbocycles. The van der Waals surface area contributed by atoms with Crippen molar-refractivity contribution in [1.82, 2.24) is 10.3 Å². The highest BCUT2D eigenvalue weighted by Crippen LogP contribution is 2.37. The molecular formula is C23H23N3O2. The first-order valence-corrected chi connectivity index (χ1v) is 9.53. The molecule has 0 saturated carbocycles. The molecule has 4 rings (SSSR count). The number of rotatable bonds is 6. The lowest BCUT2D eigenvalue weighted by atomic mass is 9.87. The Morgan fingerprint density at radius 1 is 1.11 bits per heavy atom. The molecule has 1 aliphatic rings. The number of aromatic nitrogens is 1. The van der Waals surface area contributed by atoms with E-state index in [0.717, 1.165) is 31.6 Å². The average molecular weight is 373 g/mol. The highest BCUT2D eigenvalue weighted by molar-refractivity contribution is 5.92. The molecule has 3 N–H and O–H groups in total. The lowest BCUT2D eigenvalue weighted by Gasteiger charge is -2.28. The third-order valence-electron chi connectivity index (χ3n) is 5.10. The molecule has 1 unspecified atom stereocenters. The highest BCUT2D eigenvalue weighted by atomic mass is 16.5. The fourth-order valence-electron chi connectivity index (χ4n) is 3.66. The molecule has 1 atom stereocenters. The number of benzene rings is 2. The first-order valence-electron chi connectivity index (χ1n) is 9.53. The fraction of sp³-hybridized carbons (Fsp3) is 0.217. The van der Waals surface area contributed by atoms with Crippen molar-refractivity contribution in [3.8, 4) is 11.6 Å². The van der Waals surface area contributed by atoms with Gasteiger partial charge in [-0.1, -0.05) is 42.5 Å². The number of primary amides is 1. The van der Waals surface area contributed by atoms with Gasteiger partial charge < -0.3 is 15.8 Å². The van der Waals surface area contributed by atoms with Gasteiger partial charge in [0.05, 0.1) is 5.56 Å². The summed E-state index contributed by atoms with van der Waals surface area (Å²) in [7, 11) is 0. The molecule has 1 amide bonds. The summed E-state index contributed by atoms with van der Waals surface area (Å²) in [6, 6.07) is 20.2. The van der Waals surface area contributed by atoms with Gasteiger partial charge in [-0.05, 0) is 48.1 Å². The van der Waals surface area contributed by atoms with Crippen LogP contribution >= 0.6 is 0 Å². The quantitative estimate of drug-likeness (QED) is 0.681. The fourth-order valence-corrected chi connectivity index (χ4v) is 3.66. The molecule has 5 heteroatoms. The molecular weight excluding hydrogens is 350 g/mol. The van der Waals surface area contributed by atoms with Gasteiger partial charge in [-0.25, -0.2) is 4.98 Å². The number of hydrogen-bond donors (Lipinski definition) is 2. The molecule has 28 heavy (non-hydrogen) atoms. The van der Waals surface area contributed by atoms with Crippen LogP contribution < -0.4 is 15.8 Å². The average Bonchev–Trinajstić information content (AvgIpc) is 2.73. The van der Waals surface area contributed by atoms with E-state index in [1.54, 1.807) is 12.1 Å². The van der Waals surface area contributed by atoms with Crippen LogP contribution in [0, 0.1) is 0 Å². The minimum Gasteiger partial charge on any atom is -0.439 e. The van der Waals surface area contributed by atoms with Gasteiger partial charge in [0.25, 0.3) is 0 Å². The third kappa shape index (κ3) is 4.05. The van der Waals surface area contributed by atoms with Gasteiger partial charge in [0.15, 0.2) is 0 Å². The number of carbonyl (C=O) groups excluding carboxylic acids is 1. The molecule has 142 valence electrons. The van der Waals surface area contributed by atoms with E-state index in [9.17, 15) is 4.79 Å². The number of nitrogens with zero attached hydrogens (tertiary/aromatic N) is 1. The molecule has 0 fully saturated rings. The molecule has 5 nitrogen and oxygen atoms in total. The van der Waals surface area contributed by atoms with Gasteiger partial charge in [-0.2, -0.15) is 0 Å². The Labute approximate surface area is 164 Å². The monoisotopic (exact) mass is 373 g/mol. The van der Waals surface area contributed by atoms with Crippen LogP contribution in [0.25, 0.3) is 0 Å². The summed E-state index contributed by atoms with van der Waals surface area (Å²) in [6.07, 6.45) is 4.63. The SMILES string of the molecule is NC(=O)c1ccc(Oc2cccc3c2CCCC3NCc2ccccc2)nc1. The zero-order chi connectivity index (χ0) is 19.3. The number of nitrogens with one attached hydrogen (secondary N) is 1. The van der Waals surface area contributed by atoms with Crippen molar-refractivity contribution in [3.63, 3.8) is 0 Å². The summed E-state index contributed by atoms with van der Waals surface area (Å²) in [4.78, 5) is 15.4. The standard InChI is InChI=1S/C23H23N3O2/c24-23(27)17-12-13-22(26-15-17)28-21-11-5-8-18-19(21)9-4-10-20(18)25-14-16-6-2-1-3-7-16/h1-3,5-8,11-13,15,20,25H,4,9-10,14H2,(H2,24,27). The van der Waals surface area contributed by atoms with Crippen LogP contribution in [0.2, 0.25) is 0 Å². The first-order chi connectivity index (χ1) is 13.7. The Bertz CT molecular complexity index is 955. The van der Waals surface area contributed by atoms with E-state index in [4.69, 9.17) is 10.5 Å². The molecule has 1 aromatic heterocycles. The lowest BCUT2D eigenvalue weighted by Crippen LogP contribution is -2.25. The minimum absolute atomic E-state index is 0.303. The number of ether oxygens (including phenoxy) is 1. The van der Waals surface area contributed by atoms with Crippen molar-refractivity contribution in [2.24, 2.45) is 5.73 Å². The second-order valence-corrected chi connectivity index (χ2v) is 6.99. The molecule has 0 radical (unpaired) electrons. The topological polar surface area (TPSA) is 77.2 Å². The van der Waals surface area contributed by atoms with Crippen molar-refractivity contribution in [2.45, 2.75) is 31.8 Å². The van der Waals surface area contributed by atoms with Crippen molar-refractivity contribution in [3.05, 3.63) is 89.1 Å². The summed E-state index contributed by atoms with van der Waals surface area (Å²) in [5.41, 5.74) is 9.42. The van der Waals surface area contributed by atoms with Gasteiger partial charge in [-0.15, -0.1) is 0 Å². The van der Waals surface area contributed by atoms with E-state index in [2.05, 4.69) is 40.6 Å². The second-order valence-electron chi connectivity index (χ2n) is 6.99. The van der Waals surface area contributed by atoms with Crippen LogP contribution in [-0.4, -0.2) is 10.9 Å². The number of hydrogen-bond acceptors (Lipinski definition) is 4. The molecule has 1 heterocycles. The predicted molar refractivity (Wildman–Crippen MR) is 108 cm³/mol. The molecule has 3 aromatic rings. The van der Waals surface area contributed by atoms with E-state index in [-0.39, 0.29) is 0 Å². The summed E-state index contributed by atoms with van der Waals surface area (Å²) in [5, 5.41) is 3.68. The Balaban J connectivity index is 1.52. The molecule has 0 aliphatic heterocycles. The Morgan fingerprint density at radius 3 is 2.71 bits per heavy atom. The zero-order valence-electron chi connectivity index (χ0n) is 15.6. The Morgan fingerprint density at radius 2 is 1.96 bits per heavy atom. The maximum atomic E-state index is 11.2. The molecule has 0 bridgehead atoms. The maximum absolute atomic E-state index is 11.2.